The Hall–Kier alpha value is -2.90. The van der Waals surface area contributed by atoms with Gasteiger partial charge in [-0.25, -0.2) is 4.79 Å². The molecule has 2 unspecified atom stereocenters. The van der Waals surface area contributed by atoms with Crippen LogP contribution in [0.5, 0.6) is 0 Å². The Labute approximate surface area is 163 Å². The second-order valence-electron chi connectivity index (χ2n) is 6.76. The molecule has 0 saturated heterocycles. The van der Waals surface area contributed by atoms with E-state index in [1.54, 1.807) is 0 Å². The van der Waals surface area contributed by atoms with Crippen molar-refractivity contribution in [1.82, 2.24) is 10.6 Å². The van der Waals surface area contributed by atoms with Crippen molar-refractivity contribution in [2.45, 2.75) is 31.6 Å². The van der Waals surface area contributed by atoms with Crippen molar-refractivity contribution < 1.29 is 24.5 Å². The molecule has 4 N–H and O–H groups in total. The minimum Gasteiger partial charge on any atom is -0.449 e. The largest absolute Gasteiger partial charge is 0.449 e. The Balaban J connectivity index is 1.50. The first-order valence-corrected chi connectivity index (χ1v) is 9.21. The van der Waals surface area contributed by atoms with Gasteiger partial charge in [-0.15, -0.1) is 0 Å². The molecular weight excluding hydrogens is 360 g/mol. The minimum absolute atomic E-state index is 0.0253. The highest BCUT2D eigenvalue weighted by atomic mass is 16.5. The van der Waals surface area contributed by atoms with Crippen molar-refractivity contribution in [1.29, 1.82) is 0 Å². The first-order valence-electron chi connectivity index (χ1n) is 9.21. The Morgan fingerprint density at radius 2 is 1.61 bits per heavy atom. The van der Waals surface area contributed by atoms with E-state index in [4.69, 9.17) is 9.84 Å². The fourth-order valence-electron chi connectivity index (χ4n) is 3.29. The molecule has 148 valence electrons. The smallest absolute Gasteiger partial charge is 0.407 e. The van der Waals surface area contributed by atoms with Crippen LogP contribution in [0.2, 0.25) is 0 Å². The molecule has 0 bridgehead atoms. The number of rotatable bonds is 7. The number of amides is 2. The molecule has 7 nitrogen and oxygen atoms in total. The number of nitrogens with one attached hydrogen (secondary N) is 2. The van der Waals surface area contributed by atoms with Crippen LogP contribution in [0.1, 0.15) is 30.4 Å². The summed E-state index contributed by atoms with van der Waals surface area (Å²) in [6.07, 6.45) is -3.04. The van der Waals surface area contributed by atoms with E-state index >= 15 is 0 Å². The molecule has 2 amide bonds. The predicted molar refractivity (Wildman–Crippen MR) is 104 cm³/mol. The van der Waals surface area contributed by atoms with Gasteiger partial charge in [0, 0.05) is 18.9 Å². The molecule has 0 saturated carbocycles. The van der Waals surface area contributed by atoms with Gasteiger partial charge >= 0.3 is 6.09 Å². The zero-order valence-corrected chi connectivity index (χ0v) is 15.6. The Morgan fingerprint density at radius 1 is 1.04 bits per heavy atom. The van der Waals surface area contributed by atoms with Crippen molar-refractivity contribution in [3.8, 4) is 11.1 Å². The summed E-state index contributed by atoms with van der Waals surface area (Å²) in [6.45, 7) is 1.63. The molecule has 1 aliphatic rings. The van der Waals surface area contributed by atoms with Crippen LogP contribution in [0.4, 0.5) is 4.79 Å². The van der Waals surface area contributed by atoms with Crippen molar-refractivity contribution in [2.24, 2.45) is 0 Å². The lowest BCUT2D eigenvalue weighted by Gasteiger charge is -2.16. The summed E-state index contributed by atoms with van der Waals surface area (Å²) in [5.41, 5.74) is 4.56. The maximum absolute atomic E-state index is 12.0. The molecule has 0 heterocycles. The van der Waals surface area contributed by atoms with Crippen molar-refractivity contribution in [3.63, 3.8) is 0 Å². The van der Waals surface area contributed by atoms with Gasteiger partial charge in [0.25, 0.3) is 0 Å². The molecule has 2 atom stereocenters. The maximum atomic E-state index is 12.0. The summed E-state index contributed by atoms with van der Waals surface area (Å²) >= 11 is 0. The molecule has 0 fully saturated rings. The molecule has 3 rings (SSSR count). The van der Waals surface area contributed by atoms with Gasteiger partial charge in [-0.2, -0.15) is 0 Å². The van der Waals surface area contributed by atoms with Crippen LogP contribution >= 0.6 is 0 Å². The van der Waals surface area contributed by atoms with E-state index in [9.17, 15) is 14.7 Å². The van der Waals surface area contributed by atoms with E-state index < -0.39 is 24.3 Å². The average Bonchev–Trinajstić information content (AvgIpc) is 3.00. The van der Waals surface area contributed by atoms with Gasteiger partial charge in [0.1, 0.15) is 6.61 Å². The molecule has 28 heavy (non-hydrogen) atoms. The lowest BCUT2D eigenvalue weighted by atomic mass is 9.98. The highest BCUT2D eigenvalue weighted by molar-refractivity contribution is 5.79. The Bertz CT molecular complexity index is 807. The highest BCUT2D eigenvalue weighted by Crippen LogP contribution is 2.44. The number of aliphatic hydroxyl groups is 2. The van der Waals surface area contributed by atoms with Crippen LogP contribution in [0.3, 0.4) is 0 Å². The van der Waals surface area contributed by atoms with Crippen LogP contribution in [0, 0.1) is 0 Å². The Kier molecular flexibility index (Phi) is 6.28. The lowest BCUT2D eigenvalue weighted by Crippen LogP contribution is -2.43. The molecular formula is C21H24N2O5. The fraction of sp³-hybridized carbons (Fsp3) is 0.333. The van der Waals surface area contributed by atoms with E-state index in [0.29, 0.717) is 0 Å². The molecule has 1 aliphatic carbocycles. The van der Waals surface area contributed by atoms with Gasteiger partial charge in [0.05, 0.1) is 6.10 Å². The number of fused-ring (bicyclic) bond motifs is 3. The number of aliphatic hydroxyl groups excluding tert-OH is 2. The van der Waals surface area contributed by atoms with Crippen LogP contribution in [0.15, 0.2) is 48.5 Å². The number of benzene rings is 2. The van der Waals surface area contributed by atoms with E-state index in [-0.39, 0.29) is 25.5 Å². The lowest BCUT2D eigenvalue weighted by molar-refractivity contribution is -0.126. The monoisotopic (exact) mass is 384 g/mol. The number of alkyl carbamates (subject to hydrolysis) is 1. The van der Waals surface area contributed by atoms with Gasteiger partial charge in [0.2, 0.25) is 5.91 Å². The van der Waals surface area contributed by atoms with Crippen molar-refractivity contribution in [2.75, 3.05) is 13.2 Å². The number of ether oxygens (including phenoxy) is 1. The van der Waals surface area contributed by atoms with E-state index in [2.05, 4.69) is 22.8 Å². The number of carbonyl (C=O) groups excluding carboxylic acids is 2. The van der Waals surface area contributed by atoms with Crippen LogP contribution < -0.4 is 10.6 Å². The molecule has 2 aromatic rings. The molecule has 0 aromatic heterocycles. The Morgan fingerprint density at radius 3 is 2.18 bits per heavy atom. The predicted octanol–water partition coefficient (Wildman–Crippen LogP) is 1.73. The minimum atomic E-state index is -1.33. The van der Waals surface area contributed by atoms with Gasteiger partial charge in [0.15, 0.2) is 6.23 Å². The van der Waals surface area contributed by atoms with Crippen LogP contribution in [-0.2, 0) is 9.53 Å². The summed E-state index contributed by atoms with van der Waals surface area (Å²) in [5, 5.41) is 23.3. The molecule has 2 aromatic carbocycles. The van der Waals surface area contributed by atoms with Crippen LogP contribution in [-0.4, -0.2) is 47.7 Å². The van der Waals surface area contributed by atoms with E-state index in [0.717, 1.165) is 22.3 Å². The van der Waals surface area contributed by atoms with Gasteiger partial charge < -0.3 is 25.6 Å². The van der Waals surface area contributed by atoms with E-state index in [1.807, 2.05) is 36.4 Å². The number of hydrogen-bond donors (Lipinski definition) is 4. The molecule has 0 aliphatic heterocycles. The fourth-order valence-corrected chi connectivity index (χ4v) is 3.29. The first-order chi connectivity index (χ1) is 13.5. The normalized spacial score (nSPS) is 14.5. The third-order valence-corrected chi connectivity index (χ3v) is 4.73. The number of carbonyl (C=O) groups is 2. The van der Waals surface area contributed by atoms with Gasteiger partial charge in [-0.3, -0.25) is 4.79 Å². The van der Waals surface area contributed by atoms with E-state index in [1.165, 1.54) is 6.92 Å². The van der Waals surface area contributed by atoms with Gasteiger partial charge in [-0.05, 0) is 29.2 Å². The van der Waals surface area contributed by atoms with Crippen molar-refractivity contribution in [3.05, 3.63) is 59.7 Å². The maximum Gasteiger partial charge on any atom is 0.407 e. The second kappa shape index (κ2) is 8.86. The standard InChI is InChI=1S/C21H24N2O5/c1-13(24)20(26)23-19(25)10-11-22-21(27)28-12-18-16-8-4-2-6-14(16)15-7-3-5-9-17(15)18/h2-9,13,18,20,24,26H,10-12H2,1H3,(H,22,27)(H,23,25). The SMILES string of the molecule is CC(O)C(O)NC(=O)CCNC(=O)OCC1c2ccccc2-c2ccccc21. The summed E-state index contributed by atoms with van der Waals surface area (Å²) in [5.74, 6) is -0.505. The second-order valence-corrected chi connectivity index (χ2v) is 6.76. The zero-order chi connectivity index (χ0) is 20.1. The third kappa shape index (κ3) is 4.49. The zero-order valence-electron chi connectivity index (χ0n) is 15.6. The quantitative estimate of drug-likeness (QED) is 0.544. The van der Waals surface area contributed by atoms with Crippen LogP contribution in [0.25, 0.3) is 11.1 Å². The summed E-state index contributed by atoms with van der Waals surface area (Å²) in [6, 6.07) is 16.1. The first kappa shape index (κ1) is 19.9. The molecule has 0 radical (unpaired) electrons. The summed E-state index contributed by atoms with van der Waals surface area (Å²) in [4.78, 5) is 23.6. The highest BCUT2D eigenvalue weighted by Gasteiger charge is 2.28. The van der Waals surface area contributed by atoms with Crippen molar-refractivity contribution >= 4 is 12.0 Å². The summed E-state index contributed by atoms with van der Waals surface area (Å²) < 4.78 is 5.37. The average molecular weight is 384 g/mol. The molecule has 0 spiro atoms. The van der Waals surface area contributed by atoms with Gasteiger partial charge in [-0.1, -0.05) is 48.5 Å². The summed E-state index contributed by atoms with van der Waals surface area (Å²) in [7, 11) is 0. The number of hydrogen-bond acceptors (Lipinski definition) is 5. The molecule has 7 heteroatoms. The topological polar surface area (TPSA) is 108 Å². The third-order valence-electron chi connectivity index (χ3n) is 4.73.